The molecule has 4 rings (SSSR count). The van der Waals surface area contributed by atoms with Crippen molar-refractivity contribution in [1.82, 2.24) is 0 Å². The number of halogens is 2. The molecule has 0 saturated heterocycles. The number of carboxylic acids is 2. The predicted molar refractivity (Wildman–Crippen MR) is 107 cm³/mol. The van der Waals surface area contributed by atoms with Crippen LogP contribution in [-0.2, 0) is 19.5 Å². The SMILES string of the molecule is O=C([O-])c1cccc2ccc(Cl)cc12.O=C([O-])c1cccc2ccc(Cl)cc12.[Zn+2]. The Morgan fingerprint density at radius 1 is 0.621 bits per heavy atom. The molecule has 0 fully saturated rings. The predicted octanol–water partition coefficient (Wildman–Crippen LogP) is 3.71. The van der Waals surface area contributed by atoms with Crippen molar-refractivity contribution in [2.24, 2.45) is 0 Å². The van der Waals surface area contributed by atoms with E-state index in [1.54, 1.807) is 48.5 Å². The van der Waals surface area contributed by atoms with Crippen molar-refractivity contribution >= 4 is 56.7 Å². The molecule has 0 heterocycles. The third-order valence-corrected chi connectivity index (χ3v) is 4.60. The summed E-state index contributed by atoms with van der Waals surface area (Å²) in [4.78, 5) is 21.5. The van der Waals surface area contributed by atoms with Gasteiger partial charge in [-0.15, -0.1) is 0 Å². The molecular weight excluding hydrogens is 465 g/mol. The van der Waals surface area contributed by atoms with E-state index in [4.69, 9.17) is 23.2 Å². The van der Waals surface area contributed by atoms with Crippen LogP contribution in [0.4, 0.5) is 0 Å². The topological polar surface area (TPSA) is 80.3 Å². The van der Waals surface area contributed by atoms with E-state index in [9.17, 15) is 19.8 Å². The van der Waals surface area contributed by atoms with Gasteiger partial charge in [-0.1, -0.05) is 71.7 Å². The minimum Gasteiger partial charge on any atom is -0.545 e. The van der Waals surface area contributed by atoms with Crippen molar-refractivity contribution in [3.05, 3.63) is 94.0 Å². The Morgan fingerprint density at radius 3 is 1.34 bits per heavy atom. The van der Waals surface area contributed by atoms with Gasteiger partial charge in [-0.2, -0.15) is 0 Å². The van der Waals surface area contributed by atoms with Crippen molar-refractivity contribution in [1.29, 1.82) is 0 Å². The normalized spacial score (nSPS) is 10.0. The summed E-state index contributed by atoms with van der Waals surface area (Å²) in [6.45, 7) is 0. The molecule has 29 heavy (non-hydrogen) atoms. The third kappa shape index (κ3) is 5.33. The Bertz CT molecular complexity index is 1110. The summed E-state index contributed by atoms with van der Waals surface area (Å²) < 4.78 is 0. The molecule has 4 nitrogen and oxygen atoms in total. The molecule has 0 amide bonds. The van der Waals surface area contributed by atoms with Crippen LogP contribution >= 0.6 is 23.2 Å². The molecule has 0 aliphatic heterocycles. The first-order valence-electron chi connectivity index (χ1n) is 8.16. The van der Waals surface area contributed by atoms with E-state index in [-0.39, 0.29) is 30.6 Å². The van der Waals surface area contributed by atoms with Crippen LogP contribution in [0.5, 0.6) is 0 Å². The summed E-state index contributed by atoms with van der Waals surface area (Å²) in [7, 11) is 0. The van der Waals surface area contributed by atoms with E-state index < -0.39 is 11.9 Å². The van der Waals surface area contributed by atoms with Crippen LogP contribution in [0.15, 0.2) is 72.8 Å². The molecule has 0 unspecified atom stereocenters. The van der Waals surface area contributed by atoms with Gasteiger partial charge in [0.1, 0.15) is 0 Å². The second-order valence-corrected chi connectivity index (χ2v) is 6.79. The molecule has 0 spiro atoms. The zero-order valence-electron chi connectivity index (χ0n) is 15.0. The number of hydrogen-bond donors (Lipinski definition) is 0. The van der Waals surface area contributed by atoms with Crippen molar-refractivity contribution in [2.45, 2.75) is 0 Å². The number of benzene rings is 4. The average Bonchev–Trinajstić information content (AvgIpc) is 2.67. The quantitative estimate of drug-likeness (QED) is 0.413. The summed E-state index contributed by atoms with van der Waals surface area (Å²) in [5, 5.41) is 25.5. The molecule has 0 bridgehead atoms. The number of fused-ring (bicyclic) bond motifs is 2. The summed E-state index contributed by atoms with van der Waals surface area (Å²) in [6.07, 6.45) is 0. The third-order valence-electron chi connectivity index (χ3n) is 4.13. The van der Waals surface area contributed by atoms with Crippen LogP contribution in [0, 0.1) is 0 Å². The van der Waals surface area contributed by atoms with Crippen LogP contribution in [0.3, 0.4) is 0 Å². The second-order valence-electron chi connectivity index (χ2n) is 5.92. The van der Waals surface area contributed by atoms with Gasteiger partial charge in [0.05, 0.1) is 11.9 Å². The summed E-state index contributed by atoms with van der Waals surface area (Å²) >= 11 is 11.6. The molecule has 0 aromatic heterocycles. The monoisotopic (exact) mass is 474 g/mol. The van der Waals surface area contributed by atoms with Crippen LogP contribution in [0.25, 0.3) is 21.5 Å². The van der Waals surface area contributed by atoms with Crippen molar-refractivity contribution in [3.63, 3.8) is 0 Å². The van der Waals surface area contributed by atoms with Crippen LogP contribution < -0.4 is 10.2 Å². The van der Waals surface area contributed by atoms with E-state index in [1.165, 1.54) is 12.1 Å². The zero-order valence-corrected chi connectivity index (χ0v) is 19.5. The summed E-state index contributed by atoms with van der Waals surface area (Å²) in [5.41, 5.74) is 0.343. The maximum atomic E-state index is 10.8. The molecule has 0 N–H and O–H groups in total. The van der Waals surface area contributed by atoms with E-state index >= 15 is 0 Å². The van der Waals surface area contributed by atoms with Gasteiger partial charge in [-0.3, -0.25) is 0 Å². The van der Waals surface area contributed by atoms with Crippen LogP contribution in [0.1, 0.15) is 20.7 Å². The van der Waals surface area contributed by atoms with E-state index in [2.05, 4.69) is 0 Å². The fraction of sp³-hybridized carbons (Fsp3) is 0. The molecule has 0 aliphatic rings. The van der Waals surface area contributed by atoms with Gasteiger partial charge in [0.15, 0.2) is 0 Å². The van der Waals surface area contributed by atoms with Crippen LogP contribution in [-0.4, -0.2) is 11.9 Å². The fourth-order valence-corrected chi connectivity index (χ4v) is 3.19. The van der Waals surface area contributed by atoms with Crippen molar-refractivity contribution in [2.75, 3.05) is 0 Å². The maximum absolute atomic E-state index is 10.8. The van der Waals surface area contributed by atoms with Crippen LogP contribution in [0.2, 0.25) is 10.0 Å². The zero-order chi connectivity index (χ0) is 20.3. The largest absolute Gasteiger partial charge is 2.00 e. The minimum absolute atomic E-state index is 0. The maximum Gasteiger partial charge on any atom is 2.00 e. The molecule has 0 saturated carbocycles. The molecule has 0 radical (unpaired) electrons. The number of rotatable bonds is 2. The smallest absolute Gasteiger partial charge is 0.545 e. The van der Waals surface area contributed by atoms with Gasteiger partial charge in [0, 0.05) is 21.2 Å². The number of carboxylic acid groups (broad SMARTS) is 2. The van der Waals surface area contributed by atoms with E-state index in [0.717, 1.165) is 10.8 Å². The first-order chi connectivity index (χ1) is 13.4. The van der Waals surface area contributed by atoms with Crippen molar-refractivity contribution < 1.29 is 39.3 Å². The van der Waals surface area contributed by atoms with E-state index in [0.29, 0.717) is 20.8 Å². The molecule has 0 aliphatic carbocycles. The van der Waals surface area contributed by atoms with Crippen molar-refractivity contribution in [3.8, 4) is 0 Å². The van der Waals surface area contributed by atoms with Gasteiger partial charge >= 0.3 is 19.5 Å². The van der Waals surface area contributed by atoms with Gasteiger partial charge in [-0.25, -0.2) is 0 Å². The Balaban J connectivity index is 0.000000200. The molecule has 0 atom stereocenters. The summed E-state index contributed by atoms with van der Waals surface area (Å²) in [5.74, 6) is -2.37. The Labute approximate surface area is 189 Å². The fourth-order valence-electron chi connectivity index (χ4n) is 2.85. The van der Waals surface area contributed by atoms with E-state index in [1.807, 2.05) is 12.1 Å². The molecule has 4 aromatic rings. The number of carbonyl (C=O) groups is 2. The first kappa shape index (κ1) is 22.8. The molecule has 140 valence electrons. The summed E-state index contributed by atoms with van der Waals surface area (Å²) in [6, 6.07) is 20.3. The molecular formula is C22H12Cl2O4Zn. The Kier molecular flexibility index (Phi) is 7.75. The second kappa shape index (κ2) is 9.84. The Morgan fingerprint density at radius 2 is 1.00 bits per heavy atom. The molecule has 4 aromatic carbocycles. The molecule has 7 heteroatoms. The van der Waals surface area contributed by atoms with Gasteiger partial charge < -0.3 is 19.8 Å². The average molecular weight is 477 g/mol. The van der Waals surface area contributed by atoms with Gasteiger partial charge in [0.25, 0.3) is 0 Å². The number of carbonyl (C=O) groups excluding carboxylic acids is 2. The number of hydrogen-bond acceptors (Lipinski definition) is 4. The van der Waals surface area contributed by atoms with Gasteiger partial charge in [0.2, 0.25) is 0 Å². The minimum atomic E-state index is -1.18. The standard InChI is InChI=1S/2C11H7ClO2.Zn/c2*12-8-5-4-7-2-1-3-9(11(13)14)10(7)6-8;/h2*1-6H,(H,13,14);/q;;+2/p-2. The van der Waals surface area contributed by atoms with Gasteiger partial charge in [-0.05, 0) is 45.8 Å². The Hall–Kier alpha value is -2.46. The first-order valence-corrected chi connectivity index (χ1v) is 8.91. The number of aromatic carboxylic acids is 2.